The van der Waals surface area contributed by atoms with Gasteiger partial charge in [-0.2, -0.15) is 0 Å². The van der Waals surface area contributed by atoms with Gasteiger partial charge in [-0.15, -0.1) is 0 Å². The van der Waals surface area contributed by atoms with E-state index >= 15 is 0 Å². The highest BCUT2D eigenvalue weighted by atomic mass is 19.1. The Kier molecular flexibility index (Phi) is 7.52. The lowest BCUT2D eigenvalue weighted by molar-refractivity contribution is 0.112. The Morgan fingerprint density at radius 3 is 2.65 bits per heavy atom. The van der Waals surface area contributed by atoms with Gasteiger partial charge >= 0.3 is 0 Å². The quantitative estimate of drug-likeness (QED) is 0.349. The molecule has 2 aromatic carbocycles. The van der Waals surface area contributed by atoms with Crippen molar-refractivity contribution in [3.05, 3.63) is 41.7 Å². The maximum Gasteiger partial charge on any atom is 0.153 e. The first-order chi connectivity index (χ1) is 15.0. The molecule has 0 bridgehead atoms. The van der Waals surface area contributed by atoms with Crippen LogP contribution in [0.1, 0.15) is 30.1 Å². The predicted molar refractivity (Wildman–Crippen MR) is 124 cm³/mol. The maximum atomic E-state index is 14.5. The zero-order valence-electron chi connectivity index (χ0n) is 18.3. The number of hydrogen-bond donors (Lipinski definition) is 0. The number of nitrogens with zero attached hydrogens (tertiary/aromatic N) is 4. The summed E-state index contributed by atoms with van der Waals surface area (Å²) in [5, 5.41) is 0. The first kappa shape index (κ1) is 22.6. The zero-order chi connectivity index (χ0) is 22.4. The van der Waals surface area contributed by atoms with E-state index in [-0.39, 0.29) is 5.69 Å². The average Bonchev–Trinajstić information content (AvgIpc) is 2.77. The topological polar surface area (TPSA) is 57.5 Å². The third-order valence-electron chi connectivity index (χ3n) is 5.62. The Morgan fingerprint density at radius 1 is 1.26 bits per heavy atom. The van der Waals surface area contributed by atoms with Gasteiger partial charge in [0.1, 0.15) is 11.4 Å². The molecule has 2 aromatic rings. The van der Waals surface area contributed by atoms with E-state index in [1.165, 1.54) is 6.07 Å². The van der Waals surface area contributed by atoms with E-state index in [1.807, 2.05) is 14.0 Å². The Balaban J connectivity index is 1.90. The van der Waals surface area contributed by atoms with Crippen LogP contribution in [0.15, 0.2) is 40.3 Å². The van der Waals surface area contributed by atoms with Gasteiger partial charge in [0.15, 0.2) is 12.1 Å². The van der Waals surface area contributed by atoms with E-state index in [2.05, 4.69) is 33.5 Å². The van der Waals surface area contributed by atoms with Crippen molar-refractivity contribution in [3.8, 4) is 16.9 Å². The van der Waals surface area contributed by atoms with Crippen LogP contribution in [-0.4, -0.2) is 69.0 Å². The number of aldehydes is 1. The lowest BCUT2D eigenvalue weighted by Crippen LogP contribution is -2.41. The lowest BCUT2D eigenvalue weighted by atomic mass is 10.0. The molecule has 0 unspecified atom stereocenters. The summed E-state index contributed by atoms with van der Waals surface area (Å²) < 4.78 is 20.1. The normalized spacial score (nSPS) is 15.2. The summed E-state index contributed by atoms with van der Waals surface area (Å²) in [7, 11) is 4.14. The number of rotatable bonds is 8. The molecule has 31 heavy (non-hydrogen) atoms. The summed E-state index contributed by atoms with van der Waals surface area (Å²) in [5.74, 6) is -0.179. The van der Waals surface area contributed by atoms with E-state index in [0.717, 1.165) is 37.8 Å². The molecule has 1 saturated heterocycles. The number of piperidine rings is 1. The van der Waals surface area contributed by atoms with Crippen LogP contribution < -0.4 is 4.74 Å². The van der Waals surface area contributed by atoms with Gasteiger partial charge in [0.05, 0.1) is 18.6 Å². The van der Waals surface area contributed by atoms with Gasteiger partial charge in [-0.25, -0.2) is 9.38 Å². The maximum absolute atomic E-state index is 14.5. The van der Waals surface area contributed by atoms with Crippen molar-refractivity contribution in [1.82, 2.24) is 9.80 Å². The van der Waals surface area contributed by atoms with Gasteiger partial charge in [-0.05, 0) is 82.0 Å². The second-order valence-corrected chi connectivity index (χ2v) is 7.73. The molecular weight excluding hydrogens is 395 g/mol. The van der Waals surface area contributed by atoms with Gasteiger partial charge < -0.3 is 14.5 Å². The van der Waals surface area contributed by atoms with Crippen molar-refractivity contribution in [1.29, 1.82) is 0 Å². The van der Waals surface area contributed by atoms with Gasteiger partial charge in [-0.1, -0.05) is 6.07 Å². The largest absolute Gasteiger partial charge is 0.491 e. The molecule has 0 amide bonds. The van der Waals surface area contributed by atoms with Crippen LogP contribution in [0, 0.1) is 5.82 Å². The molecule has 0 spiro atoms. The second kappa shape index (κ2) is 10.3. The molecule has 1 fully saturated rings. The fraction of sp³-hybridized carbons (Fsp3) is 0.375. The second-order valence-electron chi connectivity index (χ2n) is 7.73. The van der Waals surface area contributed by atoms with E-state index < -0.39 is 5.82 Å². The van der Waals surface area contributed by atoms with Crippen LogP contribution in [0.5, 0.6) is 5.75 Å². The molecule has 1 aliphatic heterocycles. The molecule has 0 radical (unpaired) electrons. The van der Waals surface area contributed by atoms with Crippen LogP contribution >= 0.6 is 0 Å². The summed E-state index contributed by atoms with van der Waals surface area (Å²) in [6, 6.07) is 8.79. The molecule has 3 rings (SSSR count). The average molecular weight is 425 g/mol. The predicted octanol–water partition coefficient (Wildman–Crippen LogP) is 4.72. The molecule has 0 aromatic heterocycles. The molecule has 0 N–H and O–H groups in total. The SMILES string of the molecule is C=Nc1c(F)cc(-c2ccc(C=O)c(N=CN(C)C3CCN(C)CC3)c2)cc1OCC. The van der Waals surface area contributed by atoms with Crippen LogP contribution in [-0.2, 0) is 0 Å². The van der Waals surface area contributed by atoms with E-state index in [4.69, 9.17) is 4.74 Å². The Hall–Kier alpha value is -3.06. The van der Waals surface area contributed by atoms with Crippen molar-refractivity contribution in [3.63, 3.8) is 0 Å². The van der Waals surface area contributed by atoms with Crippen molar-refractivity contribution in [2.75, 3.05) is 33.8 Å². The highest BCUT2D eigenvalue weighted by molar-refractivity contribution is 5.87. The fourth-order valence-corrected chi connectivity index (χ4v) is 3.74. The van der Waals surface area contributed by atoms with Crippen LogP contribution in [0.4, 0.5) is 15.8 Å². The fourth-order valence-electron chi connectivity index (χ4n) is 3.74. The summed E-state index contributed by atoms with van der Waals surface area (Å²) in [5.41, 5.74) is 2.46. The number of hydrogen-bond acceptors (Lipinski definition) is 5. The molecule has 1 aliphatic rings. The third-order valence-corrected chi connectivity index (χ3v) is 5.62. The van der Waals surface area contributed by atoms with Crippen LogP contribution in [0.3, 0.4) is 0 Å². The highest BCUT2D eigenvalue weighted by Crippen LogP contribution is 2.37. The number of halogens is 1. The van der Waals surface area contributed by atoms with Gasteiger partial charge in [-0.3, -0.25) is 9.79 Å². The minimum absolute atomic E-state index is 0.0908. The van der Waals surface area contributed by atoms with Crippen molar-refractivity contribution < 1.29 is 13.9 Å². The molecule has 0 aliphatic carbocycles. The molecular formula is C24H29FN4O2. The minimum atomic E-state index is -0.512. The first-order valence-corrected chi connectivity index (χ1v) is 10.4. The molecule has 0 saturated carbocycles. The molecule has 7 heteroatoms. The van der Waals surface area contributed by atoms with E-state index in [0.29, 0.717) is 35.2 Å². The number of aliphatic imine (C=N–C) groups is 2. The number of benzene rings is 2. The zero-order valence-corrected chi connectivity index (χ0v) is 18.3. The molecule has 6 nitrogen and oxygen atoms in total. The number of carbonyl (C=O) groups is 1. The third kappa shape index (κ3) is 5.35. The smallest absolute Gasteiger partial charge is 0.153 e. The van der Waals surface area contributed by atoms with Crippen LogP contribution in [0.25, 0.3) is 11.1 Å². The Morgan fingerprint density at radius 2 is 2.00 bits per heavy atom. The van der Waals surface area contributed by atoms with E-state index in [1.54, 1.807) is 30.6 Å². The number of ether oxygens (including phenoxy) is 1. The van der Waals surface area contributed by atoms with Crippen molar-refractivity contribution in [2.24, 2.45) is 9.98 Å². The summed E-state index contributed by atoms with van der Waals surface area (Å²) in [6.07, 6.45) is 4.70. The number of carbonyl (C=O) groups excluding carboxylic acids is 1. The van der Waals surface area contributed by atoms with Gasteiger partial charge in [0.25, 0.3) is 0 Å². The Bertz CT molecular complexity index is 968. The minimum Gasteiger partial charge on any atom is -0.491 e. The molecule has 1 heterocycles. The van der Waals surface area contributed by atoms with Crippen molar-refractivity contribution >= 4 is 30.7 Å². The van der Waals surface area contributed by atoms with Gasteiger partial charge in [0, 0.05) is 18.7 Å². The van der Waals surface area contributed by atoms with E-state index in [9.17, 15) is 9.18 Å². The first-order valence-electron chi connectivity index (χ1n) is 10.4. The monoisotopic (exact) mass is 424 g/mol. The van der Waals surface area contributed by atoms with Crippen LogP contribution in [0.2, 0.25) is 0 Å². The summed E-state index contributed by atoms with van der Waals surface area (Å²) in [6.45, 7) is 7.74. The number of likely N-dealkylation sites (tertiary alicyclic amines) is 1. The summed E-state index contributed by atoms with van der Waals surface area (Å²) >= 11 is 0. The van der Waals surface area contributed by atoms with Gasteiger partial charge in [0.2, 0.25) is 0 Å². The lowest BCUT2D eigenvalue weighted by Gasteiger charge is -2.34. The molecule has 0 atom stereocenters. The highest BCUT2D eigenvalue weighted by Gasteiger charge is 2.19. The van der Waals surface area contributed by atoms with Crippen molar-refractivity contribution in [2.45, 2.75) is 25.8 Å². The standard InChI is InChI=1S/C24H29FN4O2/c1-5-31-23-14-19(12-21(25)24(23)26-2)17-6-7-18(15-30)22(13-17)27-16-29(4)20-8-10-28(3)11-9-20/h6-7,12-16,20H,2,5,8-11H2,1,3-4H3. The summed E-state index contributed by atoms with van der Waals surface area (Å²) in [4.78, 5) is 24.3. The molecule has 164 valence electrons. The Labute approximate surface area is 183 Å².